The predicted octanol–water partition coefficient (Wildman–Crippen LogP) is 4.18. The van der Waals surface area contributed by atoms with Crippen molar-refractivity contribution in [3.8, 4) is 11.1 Å². The number of fused-ring (bicyclic) bond motifs is 1. The number of aromatic nitrogens is 2. The molecule has 4 aromatic rings. The second-order valence-corrected chi connectivity index (χ2v) is 8.13. The lowest BCUT2D eigenvalue weighted by Crippen LogP contribution is -2.35. The smallest absolute Gasteiger partial charge is 0.270 e. The van der Waals surface area contributed by atoms with Crippen LogP contribution in [0.4, 0.5) is 0 Å². The number of furan rings is 1. The summed E-state index contributed by atoms with van der Waals surface area (Å²) in [5.41, 5.74) is 3.88. The predicted molar refractivity (Wildman–Crippen MR) is 121 cm³/mol. The van der Waals surface area contributed by atoms with E-state index in [4.69, 9.17) is 4.42 Å². The zero-order valence-corrected chi connectivity index (χ0v) is 17.7. The molecule has 0 N–H and O–H groups in total. The van der Waals surface area contributed by atoms with Crippen molar-refractivity contribution in [1.82, 2.24) is 19.4 Å². The Balaban J connectivity index is 1.27. The number of nitrogens with zero attached hydrogens (tertiary/aromatic N) is 4. The summed E-state index contributed by atoms with van der Waals surface area (Å²) in [6.07, 6.45) is 6.54. The molecule has 4 heterocycles. The molecule has 1 aliphatic rings. The topological polar surface area (TPSA) is 54.5 Å². The summed E-state index contributed by atoms with van der Waals surface area (Å²) >= 11 is 0. The average molecular weight is 415 g/mol. The molecule has 1 saturated heterocycles. The van der Waals surface area contributed by atoms with Crippen LogP contribution in [0.2, 0.25) is 0 Å². The van der Waals surface area contributed by atoms with E-state index in [1.54, 1.807) is 6.20 Å². The molecule has 0 atom stereocenters. The molecule has 5 rings (SSSR count). The van der Waals surface area contributed by atoms with Crippen molar-refractivity contribution in [3.63, 3.8) is 0 Å². The summed E-state index contributed by atoms with van der Waals surface area (Å²) < 4.78 is 8.00. The molecule has 1 fully saturated rings. The Hall–Kier alpha value is -3.38. The van der Waals surface area contributed by atoms with Crippen LogP contribution < -0.4 is 0 Å². The van der Waals surface area contributed by atoms with Gasteiger partial charge in [0.25, 0.3) is 5.91 Å². The van der Waals surface area contributed by atoms with Crippen molar-refractivity contribution in [2.75, 3.05) is 26.2 Å². The molecule has 0 saturated carbocycles. The van der Waals surface area contributed by atoms with Gasteiger partial charge in [-0.15, -0.1) is 0 Å². The van der Waals surface area contributed by atoms with Gasteiger partial charge in [-0.3, -0.25) is 14.7 Å². The van der Waals surface area contributed by atoms with Crippen LogP contribution in [0.5, 0.6) is 0 Å². The van der Waals surface area contributed by atoms with E-state index in [1.165, 1.54) is 0 Å². The van der Waals surface area contributed by atoms with Crippen molar-refractivity contribution in [2.24, 2.45) is 7.05 Å². The molecular formula is C25H26N4O2. The summed E-state index contributed by atoms with van der Waals surface area (Å²) in [5, 5.41) is 1.10. The number of carbonyl (C=O) groups is 1. The Kier molecular flexibility index (Phi) is 5.30. The number of benzene rings is 1. The highest BCUT2D eigenvalue weighted by Gasteiger charge is 2.22. The van der Waals surface area contributed by atoms with Crippen LogP contribution in [0.3, 0.4) is 0 Å². The van der Waals surface area contributed by atoms with Gasteiger partial charge in [0.1, 0.15) is 17.0 Å². The van der Waals surface area contributed by atoms with E-state index < -0.39 is 0 Å². The van der Waals surface area contributed by atoms with E-state index in [0.717, 1.165) is 72.7 Å². The summed E-state index contributed by atoms with van der Waals surface area (Å²) in [6, 6.07) is 16.2. The van der Waals surface area contributed by atoms with Gasteiger partial charge in [-0.1, -0.05) is 12.1 Å². The van der Waals surface area contributed by atoms with Gasteiger partial charge in [0.15, 0.2) is 0 Å². The molecule has 1 amide bonds. The SMILES string of the molecule is Cn1cccc1C(=O)N1CCCN(Cc2cc3cc(-c4cccnc4)ccc3o2)CC1. The molecule has 0 aliphatic carbocycles. The minimum Gasteiger partial charge on any atom is -0.460 e. The monoisotopic (exact) mass is 414 g/mol. The summed E-state index contributed by atoms with van der Waals surface area (Å²) in [5.74, 6) is 1.07. The van der Waals surface area contributed by atoms with Crippen LogP contribution in [0, 0.1) is 0 Å². The van der Waals surface area contributed by atoms with Crippen LogP contribution in [-0.2, 0) is 13.6 Å². The van der Waals surface area contributed by atoms with Crippen molar-refractivity contribution in [2.45, 2.75) is 13.0 Å². The van der Waals surface area contributed by atoms with Crippen molar-refractivity contribution in [1.29, 1.82) is 0 Å². The second-order valence-electron chi connectivity index (χ2n) is 8.13. The van der Waals surface area contributed by atoms with E-state index in [2.05, 4.69) is 34.1 Å². The number of amides is 1. The Bertz CT molecular complexity index is 1190. The third-order valence-corrected chi connectivity index (χ3v) is 5.98. The van der Waals surface area contributed by atoms with Crippen molar-refractivity contribution >= 4 is 16.9 Å². The van der Waals surface area contributed by atoms with Gasteiger partial charge in [-0.2, -0.15) is 0 Å². The molecular weight excluding hydrogens is 388 g/mol. The Morgan fingerprint density at radius 2 is 1.97 bits per heavy atom. The highest BCUT2D eigenvalue weighted by atomic mass is 16.3. The van der Waals surface area contributed by atoms with Gasteiger partial charge in [-0.25, -0.2) is 0 Å². The Labute approximate surface area is 181 Å². The molecule has 3 aromatic heterocycles. The number of carbonyl (C=O) groups excluding carboxylic acids is 1. The fraction of sp³-hybridized carbons (Fsp3) is 0.280. The molecule has 6 nitrogen and oxygen atoms in total. The minimum atomic E-state index is 0.112. The van der Waals surface area contributed by atoms with E-state index in [1.807, 2.05) is 53.2 Å². The zero-order valence-electron chi connectivity index (χ0n) is 17.7. The number of aryl methyl sites for hydroxylation is 1. The normalized spacial score (nSPS) is 15.3. The van der Waals surface area contributed by atoms with Gasteiger partial charge in [0, 0.05) is 62.8 Å². The van der Waals surface area contributed by atoms with Gasteiger partial charge < -0.3 is 13.9 Å². The fourth-order valence-electron chi connectivity index (χ4n) is 4.29. The molecule has 0 unspecified atom stereocenters. The number of hydrogen-bond donors (Lipinski definition) is 0. The van der Waals surface area contributed by atoms with Crippen LogP contribution >= 0.6 is 0 Å². The third-order valence-electron chi connectivity index (χ3n) is 5.98. The fourth-order valence-corrected chi connectivity index (χ4v) is 4.29. The molecule has 6 heteroatoms. The summed E-state index contributed by atoms with van der Waals surface area (Å²) in [7, 11) is 1.92. The summed E-state index contributed by atoms with van der Waals surface area (Å²) in [6.45, 7) is 4.07. The lowest BCUT2D eigenvalue weighted by atomic mass is 10.1. The molecule has 1 aromatic carbocycles. The summed E-state index contributed by atoms with van der Waals surface area (Å²) in [4.78, 5) is 21.4. The first-order chi connectivity index (χ1) is 15.2. The highest BCUT2D eigenvalue weighted by Crippen LogP contribution is 2.27. The maximum atomic E-state index is 12.8. The van der Waals surface area contributed by atoms with E-state index in [0.29, 0.717) is 0 Å². The van der Waals surface area contributed by atoms with Gasteiger partial charge in [0.05, 0.1) is 6.54 Å². The molecule has 1 aliphatic heterocycles. The van der Waals surface area contributed by atoms with Gasteiger partial charge in [0.2, 0.25) is 0 Å². The quantitative estimate of drug-likeness (QED) is 0.503. The third kappa shape index (κ3) is 4.11. The number of rotatable bonds is 4. The zero-order chi connectivity index (χ0) is 21.2. The van der Waals surface area contributed by atoms with E-state index in [9.17, 15) is 4.79 Å². The highest BCUT2D eigenvalue weighted by molar-refractivity contribution is 5.92. The van der Waals surface area contributed by atoms with Crippen LogP contribution in [0.25, 0.3) is 22.1 Å². The number of hydrogen-bond acceptors (Lipinski definition) is 4. The maximum absolute atomic E-state index is 12.8. The largest absolute Gasteiger partial charge is 0.460 e. The maximum Gasteiger partial charge on any atom is 0.270 e. The molecule has 0 bridgehead atoms. The van der Waals surface area contributed by atoms with E-state index in [-0.39, 0.29) is 5.91 Å². The second kappa shape index (κ2) is 8.40. The van der Waals surface area contributed by atoms with Crippen LogP contribution in [0.1, 0.15) is 22.7 Å². The molecule has 31 heavy (non-hydrogen) atoms. The first kappa shape index (κ1) is 19.6. The van der Waals surface area contributed by atoms with E-state index >= 15 is 0 Å². The van der Waals surface area contributed by atoms with Crippen LogP contribution in [-0.4, -0.2) is 51.4 Å². The number of pyridine rings is 1. The molecule has 0 radical (unpaired) electrons. The standard InChI is InChI=1S/C25H26N4O2/c1-27-10-3-6-23(27)25(30)29-12-4-11-28(13-14-29)18-22-16-21-15-19(7-8-24(21)31-22)20-5-2-9-26-17-20/h2-3,5-10,15-17H,4,11-14,18H2,1H3. The van der Waals surface area contributed by atoms with Crippen LogP contribution in [0.15, 0.2) is 71.5 Å². The molecule has 0 spiro atoms. The Morgan fingerprint density at radius 3 is 2.77 bits per heavy atom. The lowest BCUT2D eigenvalue weighted by Gasteiger charge is -2.21. The molecule has 158 valence electrons. The first-order valence-electron chi connectivity index (χ1n) is 10.7. The van der Waals surface area contributed by atoms with Gasteiger partial charge in [-0.05, 0) is 48.4 Å². The lowest BCUT2D eigenvalue weighted by molar-refractivity contribution is 0.0751. The minimum absolute atomic E-state index is 0.112. The Morgan fingerprint density at radius 1 is 1.03 bits per heavy atom. The van der Waals surface area contributed by atoms with Gasteiger partial charge >= 0.3 is 0 Å². The van der Waals surface area contributed by atoms with Crippen molar-refractivity contribution in [3.05, 3.63) is 78.6 Å². The first-order valence-corrected chi connectivity index (χ1v) is 10.7. The van der Waals surface area contributed by atoms with Crippen molar-refractivity contribution < 1.29 is 9.21 Å². The average Bonchev–Trinajstić information content (AvgIpc) is 3.32.